The normalized spacial score (nSPS) is 23.3. The summed E-state index contributed by atoms with van der Waals surface area (Å²) in [5, 5.41) is 10.6. The van der Waals surface area contributed by atoms with Gasteiger partial charge in [0.2, 0.25) is 5.91 Å². The standard InChI is InChI=1S/C19H32N4O/c1-15-12-18(22-21-15)17-8-5-10-23(14-17)11-9-19(24)20-13-16-6-3-2-4-7-16/h12,16-17H,2-11,13-14H2,1H3,(H,20,24)(H,21,22). The Hall–Kier alpha value is -1.36. The van der Waals surface area contributed by atoms with Gasteiger partial charge in [-0.05, 0) is 51.1 Å². The van der Waals surface area contributed by atoms with Gasteiger partial charge in [0.1, 0.15) is 0 Å². The summed E-state index contributed by atoms with van der Waals surface area (Å²) in [6.07, 6.45) is 9.64. The van der Waals surface area contributed by atoms with Gasteiger partial charge in [-0.1, -0.05) is 19.3 Å². The van der Waals surface area contributed by atoms with E-state index in [9.17, 15) is 4.79 Å². The van der Waals surface area contributed by atoms with Crippen molar-refractivity contribution < 1.29 is 4.79 Å². The van der Waals surface area contributed by atoms with E-state index in [1.807, 2.05) is 6.92 Å². The molecule has 2 N–H and O–H groups in total. The Morgan fingerprint density at radius 3 is 2.88 bits per heavy atom. The summed E-state index contributed by atoms with van der Waals surface area (Å²) in [5.41, 5.74) is 2.31. The molecule has 1 unspecified atom stereocenters. The number of aryl methyl sites for hydroxylation is 1. The topological polar surface area (TPSA) is 61.0 Å². The van der Waals surface area contributed by atoms with E-state index in [1.54, 1.807) is 0 Å². The van der Waals surface area contributed by atoms with Crippen molar-refractivity contribution in [1.82, 2.24) is 20.4 Å². The van der Waals surface area contributed by atoms with Gasteiger partial charge >= 0.3 is 0 Å². The molecule has 5 heteroatoms. The number of aromatic amines is 1. The lowest BCUT2D eigenvalue weighted by atomic mass is 9.89. The lowest BCUT2D eigenvalue weighted by Gasteiger charge is -2.31. The molecule has 0 radical (unpaired) electrons. The second-order valence-electron chi connectivity index (χ2n) is 7.67. The number of hydrogen-bond acceptors (Lipinski definition) is 3. The van der Waals surface area contributed by atoms with E-state index in [1.165, 1.54) is 50.6 Å². The molecule has 24 heavy (non-hydrogen) atoms. The van der Waals surface area contributed by atoms with E-state index in [2.05, 4.69) is 26.5 Å². The summed E-state index contributed by atoms with van der Waals surface area (Å²) >= 11 is 0. The number of likely N-dealkylation sites (tertiary alicyclic amines) is 1. The maximum absolute atomic E-state index is 12.1. The highest BCUT2D eigenvalue weighted by Crippen LogP contribution is 2.26. The maximum Gasteiger partial charge on any atom is 0.221 e. The number of nitrogens with one attached hydrogen (secondary N) is 2. The highest BCUT2D eigenvalue weighted by atomic mass is 16.1. The summed E-state index contributed by atoms with van der Waals surface area (Å²) < 4.78 is 0. The molecule has 1 saturated carbocycles. The number of aromatic nitrogens is 2. The smallest absolute Gasteiger partial charge is 0.221 e. The number of carbonyl (C=O) groups excluding carboxylic acids is 1. The van der Waals surface area contributed by atoms with Crippen molar-refractivity contribution in [1.29, 1.82) is 0 Å². The molecular formula is C19H32N4O. The molecule has 0 aromatic carbocycles. The summed E-state index contributed by atoms with van der Waals surface area (Å²) in [5.74, 6) is 1.44. The lowest BCUT2D eigenvalue weighted by Crippen LogP contribution is -2.38. The van der Waals surface area contributed by atoms with Crippen LogP contribution in [-0.2, 0) is 4.79 Å². The Kier molecular flexibility index (Phi) is 6.30. The largest absolute Gasteiger partial charge is 0.356 e. The molecule has 1 atom stereocenters. The van der Waals surface area contributed by atoms with Crippen molar-refractivity contribution in [2.75, 3.05) is 26.2 Å². The van der Waals surface area contributed by atoms with E-state index >= 15 is 0 Å². The van der Waals surface area contributed by atoms with Gasteiger partial charge in [0.05, 0.1) is 5.69 Å². The molecule has 1 aliphatic carbocycles. The molecule has 3 rings (SSSR count). The average Bonchev–Trinajstić information content (AvgIpc) is 3.06. The number of amides is 1. The van der Waals surface area contributed by atoms with E-state index < -0.39 is 0 Å². The van der Waals surface area contributed by atoms with Gasteiger partial charge in [0.15, 0.2) is 0 Å². The second kappa shape index (κ2) is 8.65. The van der Waals surface area contributed by atoms with Crippen molar-refractivity contribution in [3.8, 4) is 0 Å². The highest BCUT2D eigenvalue weighted by molar-refractivity contribution is 5.76. The van der Waals surface area contributed by atoms with Crippen molar-refractivity contribution in [2.45, 2.75) is 64.2 Å². The van der Waals surface area contributed by atoms with Crippen molar-refractivity contribution in [2.24, 2.45) is 5.92 Å². The minimum Gasteiger partial charge on any atom is -0.356 e. The van der Waals surface area contributed by atoms with Crippen LogP contribution in [0.2, 0.25) is 0 Å². The number of H-pyrrole nitrogens is 1. The summed E-state index contributed by atoms with van der Waals surface area (Å²) in [7, 11) is 0. The Morgan fingerprint density at radius 1 is 1.29 bits per heavy atom. The number of rotatable bonds is 6. The van der Waals surface area contributed by atoms with Crippen molar-refractivity contribution in [3.05, 3.63) is 17.5 Å². The Bertz CT molecular complexity index is 521. The Balaban J connectivity index is 1.37. The van der Waals surface area contributed by atoms with Crippen LogP contribution in [0.4, 0.5) is 0 Å². The predicted molar refractivity (Wildman–Crippen MR) is 95.9 cm³/mol. The number of carbonyl (C=O) groups is 1. The van der Waals surface area contributed by atoms with Gasteiger partial charge in [-0.2, -0.15) is 5.10 Å². The van der Waals surface area contributed by atoms with Crippen LogP contribution in [0.25, 0.3) is 0 Å². The highest BCUT2D eigenvalue weighted by Gasteiger charge is 2.23. The van der Waals surface area contributed by atoms with Gasteiger partial charge in [-0.3, -0.25) is 9.89 Å². The van der Waals surface area contributed by atoms with E-state index in [-0.39, 0.29) is 5.91 Å². The van der Waals surface area contributed by atoms with Crippen LogP contribution in [0, 0.1) is 12.8 Å². The van der Waals surface area contributed by atoms with Crippen molar-refractivity contribution in [3.63, 3.8) is 0 Å². The Morgan fingerprint density at radius 2 is 2.12 bits per heavy atom. The van der Waals surface area contributed by atoms with Crippen LogP contribution in [0.1, 0.15) is 68.7 Å². The molecule has 2 fully saturated rings. The Labute approximate surface area is 145 Å². The first kappa shape index (κ1) is 17.5. The van der Waals surface area contributed by atoms with Crippen LogP contribution in [0.5, 0.6) is 0 Å². The molecule has 2 aliphatic rings. The van der Waals surface area contributed by atoms with E-state index in [4.69, 9.17) is 0 Å². The number of hydrogen-bond donors (Lipinski definition) is 2. The average molecular weight is 332 g/mol. The van der Waals surface area contributed by atoms with Crippen LogP contribution >= 0.6 is 0 Å². The van der Waals surface area contributed by atoms with E-state index in [0.717, 1.165) is 31.9 Å². The molecule has 134 valence electrons. The van der Waals surface area contributed by atoms with E-state index in [0.29, 0.717) is 18.3 Å². The van der Waals surface area contributed by atoms with Crippen LogP contribution < -0.4 is 5.32 Å². The molecular weight excluding hydrogens is 300 g/mol. The zero-order valence-electron chi connectivity index (χ0n) is 15.0. The van der Waals surface area contributed by atoms with Gasteiger partial charge in [0, 0.05) is 37.7 Å². The first-order valence-electron chi connectivity index (χ1n) is 9.71. The summed E-state index contributed by atoms with van der Waals surface area (Å²) in [6, 6.07) is 2.16. The predicted octanol–water partition coefficient (Wildman–Crippen LogP) is 2.98. The minimum absolute atomic E-state index is 0.221. The fourth-order valence-corrected chi connectivity index (χ4v) is 4.15. The lowest BCUT2D eigenvalue weighted by molar-refractivity contribution is -0.121. The molecule has 0 bridgehead atoms. The molecule has 2 heterocycles. The first-order chi connectivity index (χ1) is 11.7. The summed E-state index contributed by atoms with van der Waals surface area (Å²) in [4.78, 5) is 14.6. The summed E-state index contributed by atoms with van der Waals surface area (Å²) in [6.45, 7) is 5.94. The van der Waals surface area contributed by atoms with Gasteiger partial charge in [-0.25, -0.2) is 0 Å². The number of nitrogens with zero attached hydrogens (tertiary/aromatic N) is 2. The molecule has 1 aliphatic heterocycles. The molecule has 1 aromatic rings. The van der Waals surface area contributed by atoms with Gasteiger partial charge in [-0.15, -0.1) is 0 Å². The van der Waals surface area contributed by atoms with Crippen LogP contribution in [0.15, 0.2) is 6.07 Å². The van der Waals surface area contributed by atoms with Crippen molar-refractivity contribution >= 4 is 5.91 Å². The minimum atomic E-state index is 0.221. The third kappa shape index (κ3) is 5.07. The fraction of sp³-hybridized carbons (Fsp3) is 0.789. The third-order valence-electron chi connectivity index (χ3n) is 5.62. The molecule has 5 nitrogen and oxygen atoms in total. The van der Waals surface area contributed by atoms with Gasteiger partial charge in [0.25, 0.3) is 0 Å². The SMILES string of the molecule is Cc1cc(C2CCCN(CCC(=O)NCC3CCCCC3)C2)n[nH]1. The maximum atomic E-state index is 12.1. The molecule has 0 spiro atoms. The molecule has 1 amide bonds. The van der Waals surface area contributed by atoms with Gasteiger partial charge < -0.3 is 10.2 Å². The fourth-order valence-electron chi connectivity index (χ4n) is 4.15. The quantitative estimate of drug-likeness (QED) is 0.842. The second-order valence-corrected chi connectivity index (χ2v) is 7.67. The molecule has 1 saturated heterocycles. The monoisotopic (exact) mass is 332 g/mol. The zero-order valence-corrected chi connectivity index (χ0v) is 15.0. The molecule has 1 aromatic heterocycles. The first-order valence-corrected chi connectivity index (χ1v) is 9.71. The van der Waals surface area contributed by atoms with Crippen LogP contribution in [-0.4, -0.2) is 47.2 Å². The third-order valence-corrected chi connectivity index (χ3v) is 5.62. The zero-order chi connectivity index (χ0) is 16.8. The number of piperidine rings is 1. The van der Waals surface area contributed by atoms with Crippen LogP contribution in [0.3, 0.4) is 0 Å².